The van der Waals surface area contributed by atoms with Crippen molar-refractivity contribution in [2.75, 3.05) is 13.1 Å². The number of non-ortho nitro benzene ring substituents is 1. The molecule has 0 saturated carbocycles. The maximum atomic E-state index is 11.8. The normalized spacial score (nSPS) is 10.7. The Labute approximate surface area is 149 Å². The van der Waals surface area contributed by atoms with Gasteiger partial charge in [-0.05, 0) is 26.0 Å². The van der Waals surface area contributed by atoms with Crippen molar-refractivity contribution in [2.45, 2.75) is 13.8 Å². The highest BCUT2D eigenvalue weighted by Gasteiger charge is 2.18. The first-order chi connectivity index (χ1) is 12.5. The van der Waals surface area contributed by atoms with Gasteiger partial charge in [0.05, 0.1) is 11.1 Å². The highest BCUT2D eigenvalue weighted by molar-refractivity contribution is 6.34. The first-order valence-corrected chi connectivity index (χ1v) is 7.93. The van der Waals surface area contributed by atoms with Crippen molar-refractivity contribution in [3.8, 4) is 11.3 Å². The second kappa shape index (κ2) is 8.56. The minimum atomic E-state index is -0.838. The zero-order valence-electron chi connectivity index (χ0n) is 14.3. The minimum Gasteiger partial charge on any atom is -0.455 e. The van der Waals surface area contributed by atoms with Gasteiger partial charge in [-0.1, -0.05) is 12.1 Å². The van der Waals surface area contributed by atoms with E-state index in [9.17, 15) is 19.7 Å². The van der Waals surface area contributed by atoms with E-state index in [0.717, 1.165) is 0 Å². The van der Waals surface area contributed by atoms with Crippen molar-refractivity contribution >= 4 is 23.7 Å². The van der Waals surface area contributed by atoms with Crippen LogP contribution in [0.15, 0.2) is 45.9 Å². The minimum absolute atomic E-state index is 0.0451. The van der Waals surface area contributed by atoms with Crippen LogP contribution in [0, 0.1) is 10.1 Å². The summed E-state index contributed by atoms with van der Waals surface area (Å²) in [7, 11) is 0. The molecule has 9 heteroatoms. The number of carbonyl (C=O) groups is 2. The average molecular weight is 358 g/mol. The Kier molecular flexibility index (Phi) is 6.20. The molecule has 1 aromatic heterocycles. The van der Waals surface area contributed by atoms with Crippen molar-refractivity contribution in [2.24, 2.45) is 5.10 Å². The van der Waals surface area contributed by atoms with E-state index in [4.69, 9.17) is 4.42 Å². The molecule has 0 aliphatic heterocycles. The summed E-state index contributed by atoms with van der Waals surface area (Å²) in [5, 5.41) is 14.5. The topological polar surface area (TPSA) is 118 Å². The van der Waals surface area contributed by atoms with Crippen molar-refractivity contribution < 1.29 is 18.9 Å². The third-order valence-corrected chi connectivity index (χ3v) is 3.57. The number of carbonyl (C=O) groups excluding carboxylic acids is 2. The van der Waals surface area contributed by atoms with E-state index in [1.807, 2.05) is 0 Å². The average Bonchev–Trinajstić information content (AvgIpc) is 3.11. The quantitative estimate of drug-likeness (QED) is 0.367. The number of benzene rings is 1. The lowest BCUT2D eigenvalue weighted by molar-refractivity contribution is -0.384. The number of hydrogen-bond donors (Lipinski definition) is 1. The number of rotatable bonds is 6. The summed E-state index contributed by atoms with van der Waals surface area (Å²) >= 11 is 0. The molecule has 2 rings (SSSR count). The van der Waals surface area contributed by atoms with Gasteiger partial charge in [-0.2, -0.15) is 5.10 Å². The lowest BCUT2D eigenvalue weighted by atomic mass is 10.1. The van der Waals surface area contributed by atoms with Gasteiger partial charge < -0.3 is 9.32 Å². The standard InChI is InChI=1S/C17H18N4O5/c1-3-20(4-2)17(23)16(22)19-18-11-14-8-9-15(26-14)12-6-5-7-13(10-12)21(24)25/h5-11H,3-4H2,1-2H3,(H,19,22)/b18-11+. The SMILES string of the molecule is CCN(CC)C(=O)C(=O)N/N=C/c1ccc(-c2cccc([N+](=O)[O-])c2)o1. The summed E-state index contributed by atoms with van der Waals surface area (Å²) < 4.78 is 5.52. The third kappa shape index (κ3) is 4.53. The van der Waals surface area contributed by atoms with Crippen molar-refractivity contribution in [1.29, 1.82) is 0 Å². The number of likely N-dealkylation sites (N-methyl/N-ethyl adjacent to an activating group) is 1. The molecule has 0 unspecified atom stereocenters. The van der Waals surface area contributed by atoms with Gasteiger partial charge in [-0.3, -0.25) is 19.7 Å². The van der Waals surface area contributed by atoms with Gasteiger partial charge in [0.1, 0.15) is 11.5 Å². The molecule has 2 amide bonds. The van der Waals surface area contributed by atoms with E-state index in [1.165, 1.54) is 23.2 Å². The number of furan rings is 1. The molecule has 0 spiro atoms. The zero-order chi connectivity index (χ0) is 19.1. The summed E-state index contributed by atoms with van der Waals surface area (Å²) in [5.74, 6) is -0.762. The van der Waals surface area contributed by atoms with Crippen LogP contribution < -0.4 is 5.43 Å². The fraction of sp³-hybridized carbons (Fsp3) is 0.235. The van der Waals surface area contributed by atoms with E-state index >= 15 is 0 Å². The molecular formula is C17H18N4O5. The van der Waals surface area contributed by atoms with Gasteiger partial charge in [0.15, 0.2) is 0 Å². The van der Waals surface area contributed by atoms with E-state index in [0.29, 0.717) is 30.2 Å². The number of nitro benzene ring substituents is 1. The van der Waals surface area contributed by atoms with Crippen molar-refractivity contribution in [3.63, 3.8) is 0 Å². The summed E-state index contributed by atoms with van der Waals surface area (Å²) in [6.07, 6.45) is 1.24. The fourth-order valence-corrected chi connectivity index (χ4v) is 2.21. The van der Waals surface area contributed by atoms with Crippen LogP contribution in [-0.2, 0) is 9.59 Å². The molecule has 0 bridgehead atoms. The van der Waals surface area contributed by atoms with E-state index in [2.05, 4.69) is 10.5 Å². The molecule has 0 fully saturated rings. The lowest BCUT2D eigenvalue weighted by Crippen LogP contribution is -2.41. The van der Waals surface area contributed by atoms with E-state index in [-0.39, 0.29) is 5.69 Å². The van der Waals surface area contributed by atoms with Crippen LogP contribution in [-0.4, -0.2) is 40.9 Å². The first-order valence-electron chi connectivity index (χ1n) is 7.93. The third-order valence-electron chi connectivity index (χ3n) is 3.57. The molecule has 0 aliphatic carbocycles. The summed E-state index contributed by atoms with van der Waals surface area (Å²) in [5.41, 5.74) is 2.64. The van der Waals surface area contributed by atoms with Crippen LogP contribution in [0.1, 0.15) is 19.6 Å². The number of nitrogens with one attached hydrogen (secondary N) is 1. The Bertz CT molecular complexity index is 839. The van der Waals surface area contributed by atoms with Gasteiger partial charge in [0, 0.05) is 30.8 Å². The fourth-order valence-electron chi connectivity index (χ4n) is 2.21. The van der Waals surface area contributed by atoms with Gasteiger partial charge in [0.2, 0.25) is 0 Å². The summed E-state index contributed by atoms with van der Waals surface area (Å²) in [6.45, 7) is 4.40. The Balaban J connectivity index is 2.03. The Hall–Kier alpha value is -3.49. The summed E-state index contributed by atoms with van der Waals surface area (Å²) in [4.78, 5) is 35.2. The Morgan fingerprint density at radius 2 is 2.00 bits per heavy atom. The maximum Gasteiger partial charge on any atom is 0.329 e. The lowest BCUT2D eigenvalue weighted by Gasteiger charge is -2.16. The molecule has 136 valence electrons. The number of amides is 2. The van der Waals surface area contributed by atoms with Crippen molar-refractivity contribution in [1.82, 2.24) is 10.3 Å². The predicted molar refractivity (Wildman–Crippen MR) is 94.5 cm³/mol. The van der Waals surface area contributed by atoms with Crippen molar-refractivity contribution in [3.05, 3.63) is 52.3 Å². The molecular weight excluding hydrogens is 340 g/mol. The second-order valence-electron chi connectivity index (χ2n) is 5.19. The van der Waals surface area contributed by atoms with Crippen LogP contribution in [0.3, 0.4) is 0 Å². The molecule has 1 heterocycles. The van der Waals surface area contributed by atoms with Gasteiger partial charge >= 0.3 is 11.8 Å². The number of nitrogens with zero attached hydrogens (tertiary/aromatic N) is 3. The number of hydrazone groups is 1. The molecule has 2 aromatic rings. The molecule has 1 aromatic carbocycles. The van der Waals surface area contributed by atoms with Crippen LogP contribution in [0.4, 0.5) is 5.69 Å². The number of hydrogen-bond acceptors (Lipinski definition) is 6. The largest absolute Gasteiger partial charge is 0.455 e. The smallest absolute Gasteiger partial charge is 0.329 e. The molecule has 0 saturated heterocycles. The van der Waals surface area contributed by atoms with E-state index < -0.39 is 16.7 Å². The monoisotopic (exact) mass is 358 g/mol. The zero-order valence-corrected chi connectivity index (χ0v) is 14.3. The van der Waals surface area contributed by atoms with Gasteiger partial charge in [-0.25, -0.2) is 5.43 Å². The van der Waals surface area contributed by atoms with Crippen LogP contribution in [0.2, 0.25) is 0 Å². The highest BCUT2D eigenvalue weighted by atomic mass is 16.6. The van der Waals surface area contributed by atoms with Crippen LogP contribution in [0.25, 0.3) is 11.3 Å². The molecule has 0 radical (unpaired) electrons. The van der Waals surface area contributed by atoms with Gasteiger partial charge in [0.25, 0.3) is 5.69 Å². The van der Waals surface area contributed by atoms with Crippen LogP contribution >= 0.6 is 0 Å². The molecule has 0 atom stereocenters. The maximum absolute atomic E-state index is 11.8. The highest BCUT2D eigenvalue weighted by Crippen LogP contribution is 2.25. The Morgan fingerprint density at radius 3 is 2.65 bits per heavy atom. The Morgan fingerprint density at radius 1 is 1.27 bits per heavy atom. The molecule has 0 aliphatic rings. The predicted octanol–water partition coefficient (Wildman–Crippen LogP) is 2.17. The first kappa shape index (κ1) is 18.8. The van der Waals surface area contributed by atoms with Gasteiger partial charge in [-0.15, -0.1) is 0 Å². The summed E-state index contributed by atoms with van der Waals surface area (Å²) in [6, 6.07) is 9.24. The molecule has 9 nitrogen and oxygen atoms in total. The number of nitro groups is 1. The van der Waals surface area contributed by atoms with Crippen LogP contribution in [0.5, 0.6) is 0 Å². The van der Waals surface area contributed by atoms with E-state index in [1.54, 1.807) is 38.1 Å². The molecule has 26 heavy (non-hydrogen) atoms. The molecule has 1 N–H and O–H groups in total. The second-order valence-corrected chi connectivity index (χ2v) is 5.19.